The summed E-state index contributed by atoms with van der Waals surface area (Å²) >= 11 is 0. The molecule has 0 spiro atoms. The lowest BCUT2D eigenvalue weighted by molar-refractivity contribution is 0.0907. The van der Waals surface area contributed by atoms with Crippen LogP contribution in [0.1, 0.15) is 55.5 Å². The fourth-order valence-corrected chi connectivity index (χ4v) is 2.44. The molecule has 112 valence electrons. The van der Waals surface area contributed by atoms with Crippen molar-refractivity contribution in [3.05, 3.63) is 23.3 Å². The first-order valence-electron chi connectivity index (χ1n) is 7.35. The molecule has 0 fully saturated rings. The zero-order chi connectivity index (χ0) is 15.1. The minimum atomic E-state index is 0.103. The van der Waals surface area contributed by atoms with Gasteiger partial charge in [-0.1, -0.05) is 26.7 Å². The van der Waals surface area contributed by atoms with E-state index in [1.165, 1.54) is 0 Å². The highest BCUT2D eigenvalue weighted by Crippen LogP contribution is 2.32. The zero-order valence-corrected chi connectivity index (χ0v) is 13.3. The normalized spacial score (nSPS) is 12.1. The molecule has 1 aromatic rings. The third-order valence-corrected chi connectivity index (χ3v) is 3.77. The smallest absolute Gasteiger partial charge is 0.166 e. The van der Waals surface area contributed by atoms with Gasteiger partial charge in [0.05, 0.1) is 14.2 Å². The second-order valence-electron chi connectivity index (χ2n) is 5.13. The van der Waals surface area contributed by atoms with Crippen LogP contribution >= 0.6 is 0 Å². The maximum absolute atomic E-state index is 12.7. The van der Waals surface area contributed by atoms with Crippen molar-refractivity contribution in [3.63, 3.8) is 0 Å². The number of methoxy groups -OCH3 is 2. The van der Waals surface area contributed by atoms with Gasteiger partial charge in [-0.05, 0) is 37.5 Å². The van der Waals surface area contributed by atoms with Crippen molar-refractivity contribution in [3.8, 4) is 11.5 Å². The molecule has 0 saturated heterocycles. The van der Waals surface area contributed by atoms with E-state index in [-0.39, 0.29) is 11.7 Å². The number of ether oxygens (including phenoxy) is 2. The summed E-state index contributed by atoms with van der Waals surface area (Å²) < 4.78 is 10.6. The Bertz CT molecular complexity index is 452. The fourth-order valence-electron chi connectivity index (χ4n) is 2.44. The molecule has 0 aliphatic rings. The number of carbonyl (C=O) groups excluding carboxylic acids is 1. The van der Waals surface area contributed by atoms with Crippen LogP contribution in [-0.2, 0) is 0 Å². The average molecular weight is 278 g/mol. The van der Waals surface area contributed by atoms with Gasteiger partial charge in [0.25, 0.3) is 0 Å². The molecule has 0 bridgehead atoms. The molecule has 0 aromatic heterocycles. The Labute approximate surface area is 122 Å². The molecule has 0 amide bonds. The van der Waals surface area contributed by atoms with E-state index >= 15 is 0 Å². The van der Waals surface area contributed by atoms with Crippen molar-refractivity contribution in [2.75, 3.05) is 14.2 Å². The van der Waals surface area contributed by atoms with E-state index in [2.05, 4.69) is 13.8 Å². The molecule has 3 heteroatoms. The van der Waals surface area contributed by atoms with Crippen molar-refractivity contribution >= 4 is 5.78 Å². The van der Waals surface area contributed by atoms with Crippen molar-refractivity contribution in [2.24, 2.45) is 5.92 Å². The van der Waals surface area contributed by atoms with E-state index in [0.29, 0.717) is 11.5 Å². The molecule has 0 radical (unpaired) electrons. The van der Waals surface area contributed by atoms with Gasteiger partial charge >= 0.3 is 0 Å². The van der Waals surface area contributed by atoms with Gasteiger partial charge in [-0.25, -0.2) is 0 Å². The molecule has 1 rings (SSSR count). The zero-order valence-electron chi connectivity index (χ0n) is 13.3. The van der Waals surface area contributed by atoms with E-state index < -0.39 is 0 Å². The molecule has 1 aromatic carbocycles. The number of carbonyl (C=O) groups is 1. The van der Waals surface area contributed by atoms with Gasteiger partial charge in [0.1, 0.15) is 0 Å². The maximum Gasteiger partial charge on any atom is 0.166 e. The summed E-state index contributed by atoms with van der Waals surface area (Å²) in [6, 6.07) is 3.68. The third-order valence-electron chi connectivity index (χ3n) is 3.77. The molecular formula is C17H26O3. The first kappa shape index (κ1) is 16.5. The molecule has 0 aliphatic heterocycles. The molecule has 0 saturated carbocycles. The van der Waals surface area contributed by atoms with Crippen molar-refractivity contribution in [1.29, 1.82) is 0 Å². The predicted molar refractivity (Wildman–Crippen MR) is 81.9 cm³/mol. The Kier molecular flexibility index (Phi) is 6.56. The molecule has 0 heterocycles. The Morgan fingerprint density at radius 2 is 1.75 bits per heavy atom. The Balaban J connectivity index is 3.08. The second kappa shape index (κ2) is 7.93. The second-order valence-corrected chi connectivity index (χ2v) is 5.13. The van der Waals surface area contributed by atoms with Gasteiger partial charge in [-0.2, -0.15) is 0 Å². The van der Waals surface area contributed by atoms with Crippen LogP contribution in [-0.4, -0.2) is 20.0 Å². The van der Waals surface area contributed by atoms with Gasteiger partial charge in [-0.3, -0.25) is 4.79 Å². The minimum Gasteiger partial charge on any atom is -0.493 e. The maximum atomic E-state index is 12.7. The highest BCUT2D eigenvalue weighted by Gasteiger charge is 2.21. The SMILES string of the molecule is CCCCC(CC)C(=O)c1cc(OC)c(OC)cc1C. The van der Waals surface area contributed by atoms with Gasteiger partial charge in [0, 0.05) is 11.5 Å². The summed E-state index contributed by atoms with van der Waals surface area (Å²) in [4.78, 5) is 12.7. The molecular weight excluding hydrogens is 252 g/mol. The lowest BCUT2D eigenvalue weighted by atomic mass is 9.88. The number of rotatable bonds is 8. The lowest BCUT2D eigenvalue weighted by Crippen LogP contribution is -2.15. The standard InChI is InChI=1S/C17H26O3/c1-6-8-9-13(7-2)17(18)14-11-16(20-5)15(19-4)10-12(14)3/h10-11,13H,6-9H2,1-5H3. The first-order chi connectivity index (χ1) is 9.58. The predicted octanol–water partition coefficient (Wildman–Crippen LogP) is 4.41. The summed E-state index contributed by atoms with van der Waals surface area (Å²) in [7, 11) is 3.20. The van der Waals surface area contributed by atoms with Gasteiger partial charge in [0.15, 0.2) is 17.3 Å². The van der Waals surface area contributed by atoms with Crippen LogP contribution in [0.3, 0.4) is 0 Å². The van der Waals surface area contributed by atoms with E-state index in [9.17, 15) is 4.79 Å². The highest BCUT2D eigenvalue weighted by molar-refractivity contribution is 5.99. The van der Waals surface area contributed by atoms with Gasteiger partial charge < -0.3 is 9.47 Å². The van der Waals surface area contributed by atoms with Gasteiger partial charge in [0.2, 0.25) is 0 Å². The molecule has 0 N–H and O–H groups in total. The van der Waals surface area contributed by atoms with Crippen LogP contribution in [0.4, 0.5) is 0 Å². The Hall–Kier alpha value is -1.51. The van der Waals surface area contributed by atoms with Crippen molar-refractivity contribution in [1.82, 2.24) is 0 Å². The van der Waals surface area contributed by atoms with Crippen molar-refractivity contribution < 1.29 is 14.3 Å². The topological polar surface area (TPSA) is 35.5 Å². The summed E-state index contributed by atoms with van der Waals surface area (Å²) in [5, 5.41) is 0. The number of hydrogen-bond acceptors (Lipinski definition) is 3. The van der Waals surface area contributed by atoms with Crippen molar-refractivity contribution in [2.45, 2.75) is 46.5 Å². The van der Waals surface area contributed by atoms with E-state index in [1.807, 2.05) is 19.1 Å². The quantitative estimate of drug-likeness (QED) is 0.661. The molecule has 1 unspecified atom stereocenters. The summed E-state index contributed by atoms with van der Waals surface area (Å²) in [5.74, 6) is 1.61. The number of hydrogen-bond donors (Lipinski definition) is 0. The molecule has 20 heavy (non-hydrogen) atoms. The third kappa shape index (κ3) is 3.75. The summed E-state index contributed by atoms with van der Waals surface area (Å²) in [5.41, 5.74) is 1.70. The van der Waals surface area contributed by atoms with Crippen LogP contribution in [0.5, 0.6) is 11.5 Å². The fraction of sp³-hybridized carbons (Fsp3) is 0.588. The summed E-state index contributed by atoms with van der Waals surface area (Å²) in [6.45, 7) is 6.18. The lowest BCUT2D eigenvalue weighted by Gasteiger charge is -2.17. The van der Waals surface area contributed by atoms with Gasteiger partial charge in [-0.15, -0.1) is 0 Å². The number of benzene rings is 1. The molecule has 1 atom stereocenters. The van der Waals surface area contributed by atoms with E-state index in [0.717, 1.165) is 36.8 Å². The highest BCUT2D eigenvalue weighted by atomic mass is 16.5. The number of ketones is 1. The Morgan fingerprint density at radius 3 is 2.25 bits per heavy atom. The molecule has 3 nitrogen and oxygen atoms in total. The summed E-state index contributed by atoms with van der Waals surface area (Å²) in [6.07, 6.45) is 4.05. The minimum absolute atomic E-state index is 0.103. The first-order valence-corrected chi connectivity index (χ1v) is 7.35. The molecule has 0 aliphatic carbocycles. The van der Waals surface area contributed by atoms with Crippen LogP contribution < -0.4 is 9.47 Å². The van der Waals surface area contributed by atoms with Crippen LogP contribution in [0.2, 0.25) is 0 Å². The number of unbranched alkanes of at least 4 members (excludes halogenated alkanes) is 1. The number of aryl methyl sites for hydroxylation is 1. The Morgan fingerprint density at radius 1 is 1.15 bits per heavy atom. The number of Topliss-reactive ketones (excluding diaryl/α,β-unsaturated/α-hetero) is 1. The average Bonchev–Trinajstić information content (AvgIpc) is 2.47. The van der Waals surface area contributed by atoms with E-state index in [4.69, 9.17) is 9.47 Å². The largest absolute Gasteiger partial charge is 0.493 e. The van der Waals surface area contributed by atoms with Crippen LogP contribution in [0.15, 0.2) is 12.1 Å². The van der Waals surface area contributed by atoms with E-state index in [1.54, 1.807) is 14.2 Å². The van der Waals surface area contributed by atoms with Crippen LogP contribution in [0, 0.1) is 12.8 Å². The monoisotopic (exact) mass is 278 g/mol. The van der Waals surface area contributed by atoms with Crippen LogP contribution in [0.25, 0.3) is 0 Å².